The number of hydrogen-bond donors (Lipinski definition) is 2. The monoisotopic (exact) mass is 298 g/mol. The third kappa shape index (κ3) is 5.95. The van der Waals surface area contributed by atoms with E-state index in [4.69, 9.17) is 0 Å². The molecule has 21 heavy (non-hydrogen) atoms. The Labute approximate surface area is 130 Å². The van der Waals surface area contributed by atoms with Crippen LogP contribution in [0.4, 0.5) is 0 Å². The minimum absolute atomic E-state index is 0.0796. The molecule has 1 aliphatic rings. The van der Waals surface area contributed by atoms with Crippen molar-refractivity contribution in [3.05, 3.63) is 0 Å². The predicted octanol–water partition coefficient (Wildman–Crippen LogP) is 2.55. The van der Waals surface area contributed by atoms with Gasteiger partial charge in [-0.05, 0) is 45.6 Å². The van der Waals surface area contributed by atoms with Crippen molar-refractivity contribution in [3.63, 3.8) is 0 Å². The molecular weight excluding hydrogens is 264 g/mol. The SMILES string of the molecule is CCCC(C)NC(=O)C1CCCN(CC(O)(CC)CC)C1. The van der Waals surface area contributed by atoms with E-state index < -0.39 is 5.60 Å². The third-order valence-corrected chi connectivity index (χ3v) is 4.82. The Morgan fingerprint density at radius 2 is 2.05 bits per heavy atom. The van der Waals surface area contributed by atoms with Gasteiger partial charge in [-0.2, -0.15) is 0 Å². The van der Waals surface area contributed by atoms with Crippen molar-refractivity contribution in [1.82, 2.24) is 10.2 Å². The number of carbonyl (C=O) groups is 1. The summed E-state index contributed by atoms with van der Waals surface area (Å²) >= 11 is 0. The van der Waals surface area contributed by atoms with Crippen molar-refractivity contribution in [2.24, 2.45) is 5.92 Å². The first kappa shape index (κ1) is 18.4. The van der Waals surface area contributed by atoms with Crippen molar-refractivity contribution in [2.45, 2.75) is 77.9 Å². The number of piperidine rings is 1. The Balaban J connectivity index is 2.50. The van der Waals surface area contributed by atoms with Gasteiger partial charge in [0.2, 0.25) is 5.91 Å². The lowest BCUT2D eigenvalue weighted by atomic mass is 9.92. The highest BCUT2D eigenvalue weighted by atomic mass is 16.3. The molecular formula is C17H34N2O2. The molecule has 0 radical (unpaired) electrons. The Morgan fingerprint density at radius 1 is 1.38 bits per heavy atom. The summed E-state index contributed by atoms with van der Waals surface area (Å²) in [6.07, 6.45) is 5.68. The molecule has 2 N–H and O–H groups in total. The molecule has 0 aromatic carbocycles. The van der Waals surface area contributed by atoms with Crippen LogP contribution in [0.3, 0.4) is 0 Å². The molecule has 1 aliphatic heterocycles. The van der Waals surface area contributed by atoms with Crippen LogP contribution in [0.2, 0.25) is 0 Å². The summed E-state index contributed by atoms with van der Waals surface area (Å²) in [7, 11) is 0. The maximum Gasteiger partial charge on any atom is 0.224 e. The van der Waals surface area contributed by atoms with E-state index in [1.165, 1.54) is 0 Å². The zero-order valence-electron chi connectivity index (χ0n) is 14.3. The van der Waals surface area contributed by atoms with E-state index in [0.717, 1.165) is 51.6 Å². The molecule has 0 saturated carbocycles. The van der Waals surface area contributed by atoms with E-state index in [2.05, 4.69) is 24.1 Å². The zero-order chi connectivity index (χ0) is 15.9. The second kappa shape index (κ2) is 8.74. The van der Waals surface area contributed by atoms with Crippen LogP contribution in [-0.2, 0) is 4.79 Å². The number of aliphatic hydroxyl groups is 1. The van der Waals surface area contributed by atoms with Crippen LogP contribution >= 0.6 is 0 Å². The fourth-order valence-corrected chi connectivity index (χ4v) is 3.17. The normalized spacial score (nSPS) is 22.0. The summed E-state index contributed by atoms with van der Waals surface area (Å²) in [5, 5.41) is 13.6. The molecule has 1 amide bonds. The van der Waals surface area contributed by atoms with Gasteiger partial charge < -0.3 is 10.4 Å². The van der Waals surface area contributed by atoms with Crippen LogP contribution in [0.25, 0.3) is 0 Å². The van der Waals surface area contributed by atoms with Gasteiger partial charge in [0.15, 0.2) is 0 Å². The molecule has 0 bridgehead atoms. The lowest BCUT2D eigenvalue weighted by Gasteiger charge is -2.38. The quantitative estimate of drug-likeness (QED) is 0.724. The average molecular weight is 298 g/mol. The molecule has 1 heterocycles. The summed E-state index contributed by atoms with van der Waals surface area (Å²) in [6.45, 7) is 10.8. The van der Waals surface area contributed by atoms with Gasteiger partial charge in [0, 0.05) is 19.1 Å². The number of nitrogens with one attached hydrogen (secondary N) is 1. The van der Waals surface area contributed by atoms with Gasteiger partial charge in [-0.3, -0.25) is 9.69 Å². The number of carbonyl (C=O) groups excluding carboxylic acids is 1. The number of hydrogen-bond acceptors (Lipinski definition) is 3. The highest BCUT2D eigenvalue weighted by Gasteiger charge is 2.31. The highest BCUT2D eigenvalue weighted by Crippen LogP contribution is 2.22. The van der Waals surface area contributed by atoms with E-state index >= 15 is 0 Å². The van der Waals surface area contributed by atoms with Crippen molar-refractivity contribution >= 4 is 5.91 Å². The molecule has 4 heteroatoms. The molecule has 2 atom stereocenters. The molecule has 4 nitrogen and oxygen atoms in total. The number of likely N-dealkylation sites (tertiary alicyclic amines) is 1. The minimum atomic E-state index is -0.603. The molecule has 0 spiro atoms. The van der Waals surface area contributed by atoms with Crippen molar-refractivity contribution in [2.75, 3.05) is 19.6 Å². The van der Waals surface area contributed by atoms with Crippen LogP contribution in [-0.4, -0.2) is 47.2 Å². The summed E-state index contributed by atoms with van der Waals surface area (Å²) in [5.41, 5.74) is -0.603. The third-order valence-electron chi connectivity index (χ3n) is 4.82. The lowest BCUT2D eigenvalue weighted by molar-refractivity contribution is -0.128. The average Bonchev–Trinajstić information content (AvgIpc) is 2.47. The summed E-state index contributed by atoms with van der Waals surface area (Å²) in [6, 6.07) is 0.265. The number of rotatable bonds is 8. The van der Waals surface area contributed by atoms with Crippen LogP contribution < -0.4 is 5.32 Å². The first-order chi connectivity index (χ1) is 9.94. The van der Waals surface area contributed by atoms with Gasteiger partial charge in [-0.15, -0.1) is 0 Å². The number of nitrogens with zero attached hydrogens (tertiary/aromatic N) is 1. The van der Waals surface area contributed by atoms with Gasteiger partial charge in [-0.25, -0.2) is 0 Å². The fourth-order valence-electron chi connectivity index (χ4n) is 3.17. The van der Waals surface area contributed by atoms with E-state index in [1.54, 1.807) is 0 Å². The maximum absolute atomic E-state index is 12.3. The Bertz CT molecular complexity index is 316. The largest absolute Gasteiger partial charge is 0.389 e. The first-order valence-electron chi connectivity index (χ1n) is 8.69. The maximum atomic E-state index is 12.3. The molecule has 1 saturated heterocycles. The zero-order valence-corrected chi connectivity index (χ0v) is 14.3. The lowest BCUT2D eigenvalue weighted by Crippen LogP contribution is -2.50. The molecule has 0 aliphatic carbocycles. The summed E-state index contributed by atoms with van der Waals surface area (Å²) < 4.78 is 0. The summed E-state index contributed by atoms with van der Waals surface area (Å²) in [4.78, 5) is 14.6. The second-order valence-electron chi connectivity index (χ2n) is 6.70. The van der Waals surface area contributed by atoms with Crippen LogP contribution in [0, 0.1) is 5.92 Å². The predicted molar refractivity (Wildman–Crippen MR) is 87.2 cm³/mol. The van der Waals surface area contributed by atoms with Crippen LogP contribution in [0.1, 0.15) is 66.2 Å². The van der Waals surface area contributed by atoms with Crippen LogP contribution in [0.5, 0.6) is 0 Å². The van der Waals surface area contributed by atoms with Crippen molar-refractivity contribution < 1.29 is 9.90 Å². The molecule has 124 valence electrons. The summed E-state index contributed by atoms with van der Waals surface area (Å²) in [5.74, 6) is 0.271. The first-order valence-corrected chi connectivity index (χ1v) is 8.69. The smallest absolute Gasteiger partial charge is 0.224 e. The van der Waals surface area contributed by atoms with Gasteiger partial charge in [0.05, 0.1) is 11.5 Å². The van der Waals surface area contributed by atoms with E-state index in [9.17, 15) is 9.90 Å². The molecule has 0 aromatic rings. The van der Waals surface area contributed by atoms with E-state index in [1.807, 2.05) is 13.8 Å². The van der Waals surface area contributed by atoms with Gasteiger partial charge >= 0.3 is 0 Å². The standard InChI is InChI=1S/C17H34N2O2/c1-5-9-14(4)18-16(20)15-10-8-11-19(12-15)13-17(21,6-2)7-3/h14-15,21H,5-13H2,1-4H3,(H,18,20). The number of β-amino-alcohol motifs (C(OH)–C–C–N with tert-alkyl or cyclic N) is 1. The van der Waals surface area contributed by atoms with E-state index in [0.29, 0.717) is 6.54 Å². The minimum Gasteiger partial charge on any atom is -0.389 e. The van der Waals surface area contributed by atoms with Gasteiger partial charge in [-0.1, -0.05) is 27.2 Å². The van der Waals surface area contributed by atoms with Crippen LogP contribution in [0.15, 0.2) is 0 Å². The Hall–Kier alpha value is -0.610. The molecule has 2 unspecified atom stereocenters. The second-order valence-corrected chi connectivity index (χ2v) is 6.70. The number of amides is 1. The van der Waals surface area contributed by atoms with E-state index in [-0.39, 0.29) is 17.9 Å². The van der Waals surface area contributed by atoms with Gasteiger partial charge in [0.25, 0.3) is 0 Å². The highest BCUT2D eigenvalue weighted by molar-refractivity contribution is 5.79. The Kier molecular flexibility index (Phi) is 7.67. The van der Waals surface area contributed by atoms with Crippen molar-refractivity contribution in [1.29, 1.82) is 0 Å². The Morgan fingerprint density at radius 3 is 2.62 bits per heavy atom. The molecule has 1 fully saturated rings. The topological polar surface area (TPSA) is 52.6 Å². The van der Waals surface area contributed by atoms with Gasteiger partial charge in [0.1, 0.15) is 0 Å². The molecule has 1 rings (SSSR count). The molecule has 0 aromatic heterocycles. The van der Waals surface area contributed by atoms with Crippen molar-refractivity contribution in [3.8, 4) is 0 Å². The fraction of sp³-hybridized carbons (Fsp3) is 0.941.